The molecular formula is C27H25BrN4O3. The SMILES string of the molecule is CN1CCN(c2ccc(N3C(=O)C(=O)/C(=C(/O)c4ccc(Br)cc4)C3c3cccnc3)cc2)CC1. The zero-order valence-corrected chi connectivity index (χ0v) is 20.9. The summed E-state index contributed by atoms with van der Waals surface area (Å²) in [7, 11) is 2.11. The van der Waals surface area contributed by atoms with Gasteiger partial charge in [-0.2, -0.15) is 0 Å². The topological polar surface area (TPSA) is 77.0 Å². The van der Waals surface area contributed by atoms with Gasteiger partial charge in [-0.25, -0.2) is 0 Å². The maximum absolute atomic E-state index is 13.3. The van der Waals surface area contributed by atoms with Crippen molar-refractivity contribution < 1.29 is 14.7 Å². The normalized spacial score (nSPS) is 20.5. The van der Waals surface area contributed by atoms with Gasteiger partial charge in [0.1, 0.15) is 5.76 Å². The third kappa shape index (κ3) is 4.47. The smallest absolute Gasteiger partial charge is 0.300 e. The molecule has 1 atom stereocenters. The minimum Gasteiger partial charge on any atom is -0.507 e. The molecule has 0 aliphatic carbocycles. The van der Waals surface area contributed by atoms with Crippen LogP contribution in [0.3, 0.4) is 0 Å². The summed E-state index contributed by atoms with van der Waals surface area (Å²) < 4.78 is 0.846. The summed E-state index contributed by atoms with van der Waals surface area (Å²) in [6, 6.07) is 17.4. The number of aromatic nitrogens is 1. The average Bonchev–Trinajstić information content (AvgIpc) is 3.15. The second-order valence-electron chi connectivity index (χ2n) is 8.77. The third-order valence-electron chi connectivity index (χ3n) is 6.56. The Bertz CT molecular complexity index is 1270. The van der Waals surface area contributed by atoms with E-state index in [2.05, 4.69) is 37.8 Å². The van der Waals surface area contributed by atoms with Gasteiger partial charge in [-0.05, 0) is 55.1 Å². The van der Waals surface area contributed by atoms with Gasteiger partial charge in [-0.15, -0.1) is 0 Å². The van der Waals surface area contributed by atoms with Crippen LogP contribution in [-0.2, 0) is 9.59 Å². The molecule has 2 fully saturated rings. The Hall–Kier alpha value is -3.49. The predicted molar refractivity (Wildman–Crippen MR) is 139 cm³/mol. The highest BCUT2D eigenvalue weighted by molar-refractivity contribution is 9.10. The van der Waals surface area contributed by atoms with Gasteiger partial charge in [0.25, 0.3) is 11.7 Å². The zero-order chi connectivity index (χ0) is 24.5. The molecule has 0 saturated carbocycles. The highest BCUT2D eigenvalue weighted by Crippen LogP contribution is 2.42. The third-order valence-corrected chi connectivity index (χ3v) is 7.09. The van der Waals surface area contributed by atoms with Gasteiger partial charge in [0, 0.05) is 60.0 Å². The van der Waals surface area contributed by atoms with Gasteiger partial charge in [0.05, 0.1) is 11.6 Å². The first-order valence-electron chi connectivity index (χ1n) is 11.4. The first-order chi connectivity index (χ1) is 16.9. The van der Waals surface area contributed by atoms with Crippen LogP contribution in [0.2, 0.25) is 0 Å². The van der Waals surface area contributed by atoms with E-state index < -0.39 is 17.7 Å². The maximum atomic E-state index is 13.3. The summed E-state index contributed by atoms with van der Waals surface area (Å²) in [6.07, 6.45) is 3.26. The van der Waals surface area contributed by atoms with Crippen molar-refractivity contribution in [1.29, 1.82) is 0 Å². The molecule has 0 bridgehead atoms. The van der Waals surface area contributed by atoms with E-state index in [4.69, 9.17) is 0 Å². The standard InChI is InChI=1S/C27H25BrN4O3/c1-30-13-15-31(16-14-30)21-8-10-22(11-9-21)32-24(19-3-2-12-29-17-19)23(26(34)27(32)35)25(33)18-4-6-20(28)7-5-18/h2-12,17,24,33H,13-16H2,1H3/b25-23+. The maximum Gasteiger partial charge on any atom is 0.300 e. The monoisotopic (exact) mass is 532 g/mol. The Morgan fingerprint density at radius 2 is 1.60 bits per heavy atom. The number of hydrogen-bond donors (Lipinski definition) is 1. The first-order valence-corrected chi connectivity index (χ1v) is 12.2. The molecule has 3 heterocycles. The number of Topliss-reactive ketones (excluding diaryl/α,β-unsaturated/α-hetero) is 1. The first kappa shape index (κ1) is 23.3. The molecule has 3 aromatic rings. The van der Waals surface area contributed by atoms with E-state index in [1.54, 1.807) is 42.7 Å². The lowest BCUT2D eigenvalue weighted by Crippen LogP contribution is -2.44. The van der Waals surface area contributed by atoms with E-state index in [-0.39, 0.29) is 11.3 Å². The van der Waals surface area contributed by atoms with Gasteiger partial charge in [-0.1, -0.05) is 34.1 Å². The molecule has 5 rings (SSSR count). The fraction of sp³-hybridized carbons (Fsp3) is 0.222. The van der Waals surface area contributed by atoms with Crippen LogP contribution in [0.5, 0.6) is 0 Å². The van der Waals surface area contributed by atoms with Crippen LogP contribution in [0.15, 0.2) is 83.1 Å². The van der Waals surface area contributed by atoms with Crippen molar-refractivity contribution in [3.63, 3.8) is 0 Å². The molecule has 35 heavy (non-hydrogen) atoms. The van der Waals surface area contributed by atoms with Crippen molar-refractivity contribution in [1.82, 2.24) is 9.88 Å². The minimum absolute atomic E-state index is 0.0495. The summed E-state index contributed by atoms with van der Waals surface area (Å²) in [4.78, 5) is 36.8. The van der Waals surface area contributed by atoms with Crippen LogP contribution in [0, 0.1) is 0 Å². The molecule has 1 N–H and O–H groups in total. The minimum atomic E-state index is -0.790. The molecule has 8 heteroatoms. The molecule has 1 amide bonds. The van der Waals surface area contributed by atoms with Crippen molar-refractivity contribution >= 4 is 44.8 Å². The van der Waals surface area contributed by atoms with E-state index in [9.17, 15) is 14.7 Å². The molecule has 178 valence electrons. The Kier molecular flexibility index (Phi) is 6.40. The van der Waals surface area contributed by atoms with E-state index in [0.717, 1.165) is 36.3 Å². The summed E-state index contributed by atoms with van der Waals surface area (Å²) in [5.41, 5.74) is 2.83. The Balaban J connectivity index is 1.56. The number of anilines is 2. The van der Waals surface area contributed by atoms with Crippen molar-refractivity contribution in [3.05, 3.63) is 94.2 Å². The lowest BCUT2D eigenvalue weighted by atomic mass is 9.96. The molecule has 1 unspecified atom stereocenters. The van der Waals surface area contributed by atoms with Crippen molar-refractivity contribution in [2.45, 2.75) is 6.04 Å². The molecule has 2 saturated heterocycles. The number of carbonyl (C=O) groups excluding carboxylic acids is 2. The number of piperazine rings is 1. The number of likely N-dealkylation sites (N-methyl/N-ethyl adjacent to an activating group) is 1. The highest BCUT2D eigenvalue weighted by Gasteiger charge is 2.47. The molecule has 7 nitrogen and oxygen atoms in total. The van der Waals surface area contributed by atoms with Crippen LogP contribution >= 0.6 is 15.9 Å². The lowest BCUT2D eigenvalue weighted by molar-refractivity contribution is -0.132. The Labute approximate surface area is 212 Å². The summed E-state index contributed by atoms with van der Waals surface area (Å²) in [5, 5.41) is 11.2. The number of aliphatic hydroxyl groups is 1. The zero-order valence-electron chi connectivity index (χ0n) is 19.3. The summed E-state index contributed by atoms with van der Waals surface area (Å²) in [5.74, 6) is -1.60. The van der Waals surface area contributed by atoms with Crippen LogP contribution in [0.25, 0.3) is 5.76 Å². The second kappa shape index (κ2) is 9.64. The van der Waals surface area contributed by atoms with Gasteiger partial charge in [0.15, 0.2) is 0 Å². The number of aliphatic hydroxyl groups excluding tert-OH is 1. The van der Waals surface area contributed by atoms with Crippen molar-refractivity contribution in [3.8, 4) is 0 Å². The molecule has 2 aliphatic heterocycles. The van der Waals surface area contributed by atoms with E-state index >= 15 is 0 Å². The van der Waals surface area contributed by atoms with Crippen LogP contribution in [0.1, 0.15) is 17.2 Å². The summed E-state index contributed by atoms with van der Waals surface area (Å²) >= 11 is 3.38. The predicted octanol–water partition coefficient (Wildman–Crippen LogP) is 4.22. The molecule has 0 spiro atoms. The van der Waals surface area contributed by atoms with Gasteiger partial charge >= 0.3 is 0 Å². The lowest BCUT2D eigenvalue weighted by Gasteiger charge is -2.34. The number of halogens is 1. The van der Waals surface area contributed by atoms with Crippen molar-refractivity contribution in [2.75, 3.05) is 43.0 Å². The molecule has 1 aromatic heterocycles. The number of rotatable bonds is 4. The number of hydrogen-bond acceptors (Lipinski definition) is 6. The number of pyridine rings is 1. The largest absolute Gasteiger partial charge is 0.507 e. The molecule has 0 radical (unpaired) electrons. The van der Waals surface area contributed by atoms with Gasteiger partial charge < -0.3 is 14.9 Å². The highest BCUT2D eigenvalue weighted by atomic mass is 79.9. The van der Waals surface area contributed by atoms with E-state index in [1.807, 2.05) is 30.3 Å². The fourth-order valence-corrected chi connectivity index (χ4v) is 4.87. The number of carbonyl (C=O) groups is 2. The van der Waals surface area contributed by atoms with Crippen LogP contribution < -0.4 is 9.80 Å². The number of nitrogens with zero attached hydrogens (tertiary/aromatic N) is 4. The van der Waals surface area contributed by atoms with E-state index in [1.165, 1.54) is 4.90 Å². The second-order valence-corrected chi connectivity index (χ2v) is 9.68. The van der Waals surface area contributed by atoms with Crippen molar-refractivity contribution in [2.24, 2.45) is 0 Å². The summed E-state index contributed by atoms with van der Waals surface area (Å²) in [6.45, 7) is 3.85. The van der Waals surface area contributed by atoms with Crippen LogP contribution in [-0.4, -0.2) is 59.9 Å². The number of ketones is 1. The van der Waals surface area contributed by atoms with E-state index in [0.29, 0.717) is 16.8 Å². The average molecular weight is 533 g/mol. The molecule has 2 aromatic carbocycles. The molecular weight excluding hydrogens is 508 g/mol. The van der Waals surface area contributed by atoms with Gasteiger partial charge in [-0.3, -0.25) is 19.5 Å². The van der Waals surface area contributed by atoms with Crippen LogP contribution in [0.4, 0.5) is 11.4 Å². The number of amides is 1. The number of benzene rings is 2. The quantitative estimate of drug-likeness (QED) is 0.308. The fourth-order valence-electron chi connectivity index (χ4n) is 4.60. The molecule has 2 aliphatic rings. The van der Waals surface area contributed by atoms with Gasteiger partial charge in [0.2, 0.25) is 0 Å². The Morgan fingerprint density at radius 3 is 2.23 bits per heavy atom. The Morgan fingerprint density at radius 1 is 0.943 bits per heavy atom.